The molecule has 1 spiro atoms. The molecule has 35 heavy (non-hydrogen) atoms. The Hall–Kier alpha value is -2.29. The molecule has 186 valence electrons. The molecule has 3 amide bonds. The summed E-state index contributed by atoms with van der Waals surface area (Å²) in [5, 5.41) is 10.6. The maximum absolute atomic E-state index is 14.4. The number of likely N-dealkylation sites (tertiary alicyclic amines) is 1. The molecule has 4 aliphatic heterocycles. The number of hydrogen-bond donors (Lipinski definition) is 1. The van der Waals surface area contributed by atoms with Crippen molar-refractivity contribution in [2.75, 3.05) is 31.6 Å². The molecule has 0 radical (unpaired) electrons. The first-order valence-electron chi connectivity index (χ1n) is 12.0. The first-order valence-corrected chi connectivity index (χ1v) is 13.2. The lowest BCUT2D eigenvalue weighted by Crippen LogP contribution is -2.57. The van der Waals surface area contributed by atoms with Crippen molar-refractivity contribution < 1.29 is 19.5 Å². The van der Waals surface area contributed by atoms with Crippen LogP contribution < -0.4 is 4.90 Å². The Morgan fingerprint density at radius 3 is 2.54 bits per heavy atom. The van der Waals surface area contributed by atoms with Gasteiger partial charge in [-0.1, -0.05) is 61.9 Å². The average molecular weight is 516 g/mol. The lowest BCUT2D eigenvalue weighted by Gasteiger charge is -2.39. The molecule has 1 aromatic rings. The summed E-state index contributed by atoms with van der Waals surface area (Å²) in [6, 6.07) is 5.75. The normalized spacial score (nSPS) is 33.1. The van der Waals surface area contributed by atoms with Crippen molar-refractivity contribution >= 4 is 46.8 Å². The number of fused-ring (bicyclic) bond motifs is 2. The summed E-state index contributed by atoms with van der Waals surface area (Å²) in [5.74, 6) is -1.91. The van der Waals surface area contributed by atoms with Gasteiger partial charge in [0.25, 0.3) is 5.91 Å². The number of thioether (sulfide) groups is 1. The lowest BCUT2D eigenvalue weighted by atomic mass is 9.78. The van der Waals surface area contributed by atoms with Gasteiger partial charge in [0.15, 0.2) is 0 Å². The third kappa shape index (κ3) is 3.56. The van der Waals surface area contributed by atoms with E-state index in [0.29, 0.717) is 23.8 Å². The number of aliphatic hydroxyl groups excluding tert-OH is 1. The van der Waals surface area contributed by atoms with Gasteiger partial charge in [0.2, 0.25) is 11.8 Å². The second kappa shape index (κ2) is 8.98. The summed E-state index contributed by atoms with van der Waals surface area (Å²) in [6.45, 7) is 4.40. The standard InChI is InChI=1S/C26H30ClN3O4S/c1-15(2)18(14-31)30-22-25(34)29(17-9-5-4-8-16(17)27)13-7-11-26(22)21(24(30)33)20-19(35-26)10-6-12-28(3)23(20)32/h4-11,15,18-22,31H,12-14H2,1-3H3/t18-,19+,20-,21-,22?,26-/m0/s1. The van der Waals surface area contributed by atoms with E-state index in [1.807, 2.05) is 50.3 Å². The maximum atomic E-state index is 14.4. The Kier molecular flexibility index (Phi) is 6.26. The minimum atomic E-state index is -0.917. The van der Waals surface area contributed by atoms with Gasteiger partial charge in [-0.3, -0.25) is 14.4 Å². The van der Waals surface area contributed by atoms with Gasteiger partial charge in [-0.15, -0.1) is 11.8 Å². The Morgan fingerprint density at radius 2 is 1.86 bits per heavy atom. The molecule has 2 fully saturated rings. The molecular weight excluding hydrogens is 486 g/mol. The Balaban J connectivity index is 1.68. The van der Waals surface area contributed by atoms with Gasteiger partial charge >= 0.3 is 0 Å². The van der Waals surface area contributed by atoms with E-state index in [-0.39, 0.29) is 35.5 Å². The third-order valence-electron chi connectivity index (χ3n) is 7.76. The number of halogens is 1. The topological polar surface area (TPSA) is 81.2 Å². The fourth-order valence-corrected chi connectivity index (χ4v) is 8.30. The fraction of sp³-hybridized carbons (Fsp3) is 0.500. The molecule has 4 heterocycles. The number of aliphatic hydroxyl groups is 1. The number of nitrogens with zero attached hydrogens (tertiary/aromatic N) is 3. The lowest BCUT2D eigenvalue weighted by molar-refractivity contribution is -0.144. The zero-order valence-corrected chi connectivity index (χ0v) is 21.6. The molecule has 1 N–H and O–H groups in total. The first-order chi connectivity index (χ1) is 16.7. The van der Waals surface area contributed by atoms with Gasteiger partial charge in [-0.05, 0) is 18.1 Å². The highest BCUT2D eigenvalue weighted by molar-refractivity contribution is 8.02. The summed E-state index contributed by atoms with van der Waals surface area (Å²) < 4.78 is -0.917. The first kappa shape index (κ1) is 24.4. The fourth-order valence-electron chi connectivity index (χ4n) is 6.07. The van der Waals surface area contributed by atoms with E-state index in [0.717, 1.165) is 0 Å². The molecule has 0 aliphatic carbocycles. The van der Waals surface area contributed by atoms with E-state index in [2.05, 4.69) is 0 Å². The van der Waals surface area contributed by atoms with Gasteiger partial charge in [-0.2, -0.15) is 0 Å². The molecule has 0 bridgehead atoms. The molecule has 4 aliphatic rings. The van der Waals surface area contributed by atoms with Crippen LogP contribution in [0.4, 0.5) is 5.69 Å². The summed E-state index contributed by atoms with van der Waals surface area (Å²) in [5.41, 5.74) is 0.578. The number of benzene rings is 1. The van der Waals surface area contributed by atoms with Crippen molar-refractivity contribution in [2.24, 2.45) is 17.8 Å². The van der Waals surface area contributed by atoms with Crippen LogP contribution in [0.3, 0.4) is 0 Å². The molecule has 2 saturated heterocycles. The van der Waals surface area contributed by atoms with Crippen molar-refractivity contribution in [1.82, 2.24) is 9.80 Å². The van der Waals surface area contributed by atoms with Crippen LogP contribution in [0.1, 0.15) is 13.8 Å². The van der Waals surface area contributed by atoms with Crippen molar-refractivity contribution in [3.8, 4) is 0 Å². The van der Waals surface area contributed by atoms with Crippen molar-refractivity contribution in [1.29, 1.82) is 0 Å². The van der Waals surface area contributed by atoms with Gasteiger partial charge < -0.3 is 19.8 Å². The van der Waals surface area contributed by atoms with E-state index >= 15 is 0 Å². The van der Waals surface area contributed by atoms with Crippen LogP contribution in [0.15, 0.2) is 48.6 Å². The molecule has 6 atom stereocenters. The average Bonchev–Trinajstić information content (AvgIpc) is 3.14. The minimum absolute atomic E-state index is 0.0816. The number of carbonyl (C=O) groups is 3. The molecule has 5 rings (SSSR count). The monoisotopic (exact) mass is 515 g/mol. The van der Waals surface area contributed by atoms with Crippen LogP contribution in [0.5, 0.6) is 0 Å². The maximum Gasteiger partial charge on any atom is 0.251 e. The SMILES string of the molecule is CC(C)[C@H](CO)N1C(=O)[C@@H]2[C@H]3C(=O)N(C)CC=C[C@H]3S[C@@]23C=CCN(c2ccccc2Cl)C(=O)C13. The highest BCUT2D eigenvalue weighted by atomic mass is 35.5. The molecule has 7 nitrogen and oxygen atoms in total. The second-order valence-corrected chi connectivity index (χ2v) is 11.9. The van der Waals surface area contributed by atoms with Crippen molar-refractivity contribution in [3.63, 3.8) is 0 Å². The van der Waals surface area contributed by atoms with Crippen molar-refractivity contribution in [2.45, 2.75) is 35.9 Å². The van der Waals surface area contributed by atoms with Gasteiger partial charge in [0.05, 0.1) is 39.9 Å². The third-order valence-corrected chi connectivity index (χ3v) is 9.82. The van der Waals surface area contributed by atoms with Gasteiger partial charge in [0.1, 0.15) is 6.04 Å². The highest BCUT2D eigenvalue weighted by Crippen LogP contribution is 2.61. The van der Waals surface area contributed by atoms with E-state index in [1.165, 1.54) is 11.8 Å². The minimum Gasteiger partial charge on any atom is -0.394 e. The highest BCUT2D eigenvalue weighted by Gasteiger charge is 2.71. The summed E-state index contributed by atoms with van der Waals surface area (Å²) in [7, 11) is 1.75. The zero-order chi connectivity index (χ0) is 25.1. The summed E-state index contributed by atoms with van der Waals surface area (Å²) in [4.78, 5) is 46.9. The number of para-hydroxylation sites is 1. The predicted octanol–water partition coefficient (Wildman–Crippen LogP) is 2.59. The number of rotatable bonds is 4. The number of amides is 3. The Morgan fingerprint density at radius 1 is 1.11 bits per heavy atom. The van der Waals surface area contributed by atoms with Crippen LogP contribution in [-0.4, -0.2) is 81.5 Å². The number of anilines is 1. The van der Waals surface area contributed by atoms with Crippen LogP contribution >= 0.6 is 23.4 Å². The molecular formula is C26H30ClN3O4S. The summed E-state index contributed by atoms with van der Waals surface area (Å²) in [6.07, 6.45) is 7.88. The molecule has 0 saturated carbocycles. The smallest absolute Gasteiger partial charge is 0.251 e. The molecule has 0 aromatic heterocycles. The Bertz CT molecular complexity index is 1120. The number of likely N-dealkylation sites (N-methyl/N-ethyl adjacent to an activating group) is 1. The predicted molar refractivity (Wildman–Crippen MR) is 137 cm³/mol. The van der Waals surface area contributed by atoms with Crippen LogP contribution in [0.25, 0.3) is 0 Å². The van der Waals surface area contributed by atoms with E-state index in [1.54, 1.807) is 33.9 Å². The number of hydrogen-bond acceptors (Lipinski definition) is 5. The Labute approximate surface area is 214 Å². The van der Waals surface area contributed by atoms with Crippen LogP contribution in [0, 0.1) is 17.8 Å². The quantitative estimate of drug-likeness (QED) is 0.623. The molecule has 9 heteroatoms. The van der Waals surface area contributed by atoms with Crippen LogP contribution in [0.2, 0.25) is 5.02 Å². The summed E-state index contributed by atoms with van der Waals surface area (Å²) >= 11 is 8.02. The van der Waals surface area contributed by atoms with Crippen molar-refractivity contribution in [3.05, 3.63) is 53.6 Å². The van der Waals surface area contributed by atoms with E-state index in [4.69, 9.17) is 11.6 Å². The number of carbonyl (C=O) groups excluding carboxylic acids is 3. The largest absolute Gasteiger partial charge is 0.394 e. The van der Waals surface area contributed by atoms with E-state index < -0.39 is 28.7 Å². The zero-order valence-electron chi connectivity index (χ0n) is 20.0. The van der Waals surface area contributed by atoms with Gasteiger partial charge in [-0.25, -0.2) is 0 Å². The van der Waals surface area contributed by atoms with E-state index in [9.17, 15) is 19.5 Å². The van der Waals surface area contributed by atoms with Crippen LogP contribution in [-0.2, 0) is 14.4 Å². The molecule has 1 unspecified atom stereocenters. The second-order valence-electron chi connectivity index (χ2n) is 10.0. The molecule has 1 aromatic carbocycles. The van der Waals surface area contributed by atoms with Gasteiger partial charge in [0, 0.05) is 25.4 Å².